The molecule has 0 spiro atoms. The highest BCUT2D eigenvalue weighted by atomic mass is 16.2. The van der Waals surface area contributed by atoms with Gasteiger partial charge < -0.3 is 15.1 Å². The normalized spacial score (nSPS) is 21.3. The van der Waals surface area contributed by atoms with Crippen LogP contribution in [0.4, 0.5) is 5.82 Å². The minimum absolute atomic E-state index is 0.119. The smallest absolute Gasteiger partial charge is 0.219 e. The van der Waals surface area contributed by atoms with Crippen molar-refractivity contribution in [1.82, 2.24) is 19.8 Å². The molecule has 1 amide bonds. The van der Waals surface area contributed by atoms with Gasteiger partial charge in [-0.1, -0.05) is 20.8 Å². The largest absolute Gasteiger partial charge is 0.373 e. The van der Waals surface area contributed by atoms with E-state index in [1.54, 1.807) is 6.92 Å². The number of hydrogen-bond acceptors (Lipinski definition) is 5. The lowest BCUT2D eigenvalue weighted by molar-refractivity contribution is -0.129. The van der Waals surface area contributed by atoms with E-state index in [0.717, 1.165) is 56.4 Å². The van der Waals surface area contributed by atoms with Crippen molar-refractivity contribution in [1.29, 1.82) is 0 Å². The van der Waals surface area contributed by atoms with Gasteiger partial charge in [0.1, 0.15) is 11.6 Å². The number of likely N-dealkylation sites (tertiary alicyclic amines) is 1. The van der Waals surface area contributed by atoms with Crippen molar-refractivity contribution in [3.8, 4) is 0 Å². The molecule has 6 heteroatoms. The molecule has 2 aliphatic rings. The molecule has 0 aliphatic carbocycles. The van der Waals surface area contributed by atoms with Crippen molar-refractivity contribution in [2.24, 2.45) is 5.41 Å². The van der Waals surface area contributed by atoms with Gasteiger partial charge in [0.25, 0.3) is 0 Å². The highest BCUT2D eigenvalue weighted by molar-refractivity contribution is 5.73. The average Bonchev–Trinajstić information content (AvgIpc) is 2.99. The lowest BCUT2D eigenvalue weighted by Crippen LogP contribution is -2.35. The molecule has 2 aliphatic heterocycles. The Hall–Kier alpha value is -1.69. The zero-order valence-electron chi connectivity index (χ0n) is 16.2. The molecule has 25 heavy (non-hydrogen) atoms. The molecule has 1 aromatic rings. The van der Waals surface area contributed by atoms with Crippen LogP contribution in [0.25, 0.3) is 0 Å². The van der Waals surface area contributed by atoms with Gasteiger partial charge in [-0.25, -0.2) is 9.97 Å². The van der Waals surface area contributed by atoms with Crippen LogP contribution in [-0.2, 0) is 17.8 Å². The molecule has 0 aromatic carbocycles. The molecule has 1 N–H and O–H groups in total. The van der Waals surface area contributed by atoms with Crippen LogP contribution in [0.2, 0.25) is 0 Å². The summed E-state index contributed by atoms with van der Waals surface area (Å²) < 4.78 is 0. The van der Waals surface area contributed by atoms with Crippen LogP contribution < -0.4 is 5.32 Å². The Morgan fingerprint density at radius 2 is 2.04 bits per heavy atom. The zero-order valence-corrected chi connectivity index (χ0v) is 16.2. The van der Waals surface area contributed by atoms with Crippen molar-refractivity contribution in [2.45, 2.75) is 53.0 Å². The van der Waals surface area contributed by atoms with Crippen molar-refractivity contribution in [3.05, 3.63) is 17.1 Å². The molecule has 3 rings (SSSR count). The van der Waals surface area contributed by atoms with E-state index >= 15 is 0 Å². The Kier molecular flexibility index (Phi) is 5.00. The molecule has 1 aromatic heterocycles. The number of nitrogens with one attached hydrogen (secondary N) is 1. The number of amides is 1. The van der Waals surface area contributed by atoms with E-state index in [1.165, 1.54) is 5.56 Å². The fourth-order valence-corrected chi connectivity index (χ4v) is 3.97. The number of nitrogens with zero attached hydrogens (tertiary/aromatic N) is 4. The minimum Gasteiger partial charge on any atom is -0.373 e. The van der Waals surface area contributed by atoms with E-state index in [2.05, 4.69) is 31.0 Å². The number of aromatic nitrogens is 2. The Bertz CT molecular complexity index is 652. The number of fused-ring (bicyclic) bond motifs is 1. The molecule has 0 saturated carbocycles. The zero-order chi connectivity index (χ0) is 18.2. The van der Waals surface area contributed by atoms with Crippen LogP contribution in [-0.4, -0.2) is 58.9 Å². The molecular formula is C19H31N5O. The summed E-state index contributed by atoms with van der Waals surface area (Å²) in [4.78, 5) is 25.9. The number of hydrogen-bond donors (Lipinski definition) is 1. The number of rotatable bonds is 3. The molecular weight excluding hydrogens is 314 g/mol. The number of anilines is 1. The predicted octanol–water partition coefficient (Wildman–Crippen LogP) is 2.26. The minimum atomic E-state index is 0.119. The molecule has 1 saturated heterocycles. The second-order valence-electron chi connectivity index (χ2n) is 8.58. The van der Waals surface area contributed by atoms with Gasteiger partial charge in [0.05, 0.1) is 12.2 Å². The van der Waals surface area contributed by atoms with Crippen LogP contribution in [0, 0.1) is 5.41 Å². The van der Waals surface area contributed by atoms with E-state index in [4.69, 9.17) is 9.97 Å². The van der Waals surface area contributed by atoms with Crippen LogP contribution in [0.15, 0.2) is 0 Å². The fraction of sp³-hybridized carbons (Fsp3) is 0.737. The first-order valence-electron chi connectivity index (χ1n) is 9.32. The van der Waals surface area contributed by atoms with Gasteiger partial charge in [0.15, 0.2) is 0 Å². The Balaban J connectivity index is 1.81. The summed E-state index contributed by atoms with van der Waals surface area (Å²) in [6, 6.07) is 0. The lowest BCUT2D eigenvalue weighted by atomic mass is 9.96. The van der Waals surface area contributed by atoms with Gasteiger partial charge in [-0.3, -0.25) is 4.79 Å². The van der Waals surface area contributed by atoms with Crippen LogP contribution >= 0.6 is 0 Å². The highest BCUT2D eigenvalue weighted by Gasteiger charge is 2.31. The molecule has 6 nitrogen and oxygen atoms in total. The molecule has 138 valence electrons. The second kappa shape index (κ2) is 6.90. The van der Waals surface area contributed by atoms with Gasteiger partial charge in [-0.2, -0.15) is 0 Å². The third-order valence-corrected chi connectivity index (χ3v) is 5.10. The molecule has 0 bridgehead atoms. The monoisotopic (exact) mass is 345 g/mol. The third kappa shape index (κ3) is 4.11. The van der Waals surface area contributed by atoms with Crippen molar-refractivity contribution >= 4 is 11.7 Å². The summed E-state index contributed by atoms with van der Waals surface area (Å²) in [5.74, 6) is 2.38. The van der Waals surface area contributed by atoms with Gasteiger partial charge >= 0.3 is 0 Å². The van der Waals surface area contributed by atoms with E-state index in [0.29, 0.717) is 17.9 Å². The Labute approximate surface area is 151 Å². The summed E-state index contributed by atoms with van der Waals surface area (Å²) >= 11 is 0. The summed E-state index contributed by atoms with van der Waals surface area (Å²) in [7, 11) is 1.92. The lowest BCUT2D eigenvalue weighted by Gasteiger charge is -2.29. The van der Waals surface area contributed by atoms with Gasteiger partial charge in [-0.15, -0.1) is 0 Å². The quantitative estimate of drug-likeness (QED) is 0.910. The van der Waals surface area contributed by atoms with Crippen molar-refractivity contribution in [2.75, 3.05) is 38.5 Å². The van der Waals surface area contributed by atoms with Gasteiger partial charge in [0.2, 0.25) is 5.91 Å². The first-order valence-corrected chi connectivity index (χ1v) is 9.32. The predicted molar refractivity (Wildman–Crippen MR) is 99.6 cm³/mol. The molecule has 1 fully saturated rings. The first-order chi connectivity index (χ1) is 11.8. The highest BCUT2D eigenvalue weighted by Crippen LogP contribution is 2.31. The summed E-state index contributed by atoms with van der Waals surface area (Å²) in [5, 5.41) is 3.24. The third-order valence-electron chi connectivity index (χ3n) is 5.10. The molecule has 0 radical (unpaired) electrons. The fourth-order valence-electron chi connectivity index (χ4n) is 3.97. The van der Waals surface area contributed by atoms with E-state index < -0.39 is 0 Å². The van der Waals surface area contributed by atoms with Crippen LogP contribution in [0.5, 0.6) is 0 Å². The number of carbonyl (C=O) groups is 1. The maximum Gasteiger partial charge on any atom is 0.219 e. The van der Waals surface area contributed by atoms with Gasteiger partial charge in [-0.05, 0) is 24.8 Å². The summed E-state index contributed by atoms with van der Waals surface area (Å²) in [5.41, 5.74) is 2.50. The van der Waals surface area contributed by atoms with E-state index in [-0.39, 0.29) is 5.91 Å². The first kappa shape index (κ1) is 18.1. The van der Waals surface area contributed by atoms with Crippen molar-refractivity contribution in [3.63, 3.8) is 0 Å². The topological polar surface area (TPSA) is 61.4 Å². The molecule has 1 atom stereocenters. The van der Waals surface area contributed by atoms with E-state index in [9.17, 15) is 4.79 Å². The van der Waals surface area contributed by atoms with Crippen LogP contribution in [0.1, 0.15) is 57.1 Å². The maximum absolute atomic E-state index is 11.7. The second-order valence-corrected chi connectivity index (χ2v) is 8.58. The van der Waals surface area contributed by atoms with Gasteiger partial charge in [0, 0.05) is 45.1 Å². The molecule has 0 unspecified atom stereocenters. The maximum atomic E-state index is 11.7. The Morgan fingerprint density at radius 3 is 2.68 bits per heavy atom. The standard InChI is InChI=1S/C19H31N5O/c1-13(25)24-9-7-15-16(11-24)21-17(22-18(15)20-5)14-6-8-23(10-14)12-19(2,3)4/h14H,6-12H2,1-5H3,(H,20,21,22)/t14-/m0/s1. The van der Waals surface area contributed by atoms with Crippen LogP contribution in [0.3, 0.4) is 0 Å². The van der Waals surface area contributed by atoms with Crippen molar-refractivity contribution < 1.29 is 4.79 Å². The Morgan fingerprint density at radius 1 is 1.28 bits per heavy atom. The SMILES string of the molecule is CNc1nc([C@H]2CCN(CC(C)(C)C)C2)nc2c1CCN(C(C)=O)C2. The summed E-state index contributed by atoms with van der Waals surface area (Å²) in [6.45, 7) is 13.1. The summed E-state index contributed by atoms with van der Waals surface area (Å²) in [6.07, 6.45) is 1.93. The average molecular weight is 345 g/mol. The molecule has 3 heterocycles. The number of carbonyl (C=O) groups excluding carboxylic acids is 1. The van der Waals surface area contributed by atoms with E-state index in [1.807, 2.05) is 11.9 Å².